The predicted octanol–water partition coefficient (Wildman–Crippen LogP) is 1.52. The highest BCUT2D eigenvalue weighted by Crippen LogP contribution is 2.18. The molecule has 0 fully saturated rings. The van der Waals surface area contributed by atoms with Crippen LogP contribution in [0.2, 0.25) is 0 Å². The van der Waals surface area contributed by atoms with Gasteiger partial charge in [-0.3, -0.25) is 4.79 Å². The van der Waals surface area contributed by atoms with E-state index >= 15 is 0 Å². The van der Waals surface area contributed by atoms with Crippen LogP contribution in [0, 0.1) is 6.92 Å². The quantitative estimate of drug-likeness (QED) is 0.897. The molecule has 1 N–H and O–H groups in total. The first-order chi connectivity index (χ1) is 9.63. The van der Waals surface area contributed by atoms with E-state index in [2.05, 4.69) is 10.4 Å². The van der Waals surface area contributed by atoms with E-state index in [1.165, 1.54) is 4.68 Å². The molecule has 1 heterocycles. The topological polar surface area (TPSA) is 56.2 Å². The molecule has 5 heteroatoms. The Kier molecular flexibility index (Phi) is 4.53. The molecule has 0 aliphatic carbocycles. The van der Waals surface area contributed by atoms with Gasteiger partial charge < -0.3 is 10.1 Å². The smallest absolute Gasteiger partial charge is 0.267 e. The molecule has 2 rings (SSSR count). The van der Waals surface area contributed by atoms with E-state index in [-0.39, 0.29) is 11.6 Å². The van der Waals surface area contributed by atoms with Gasteiger partial charge in [-0.05, 0) is 37.2 Å². The molecule has 20 heavy (non-hydrogen) atoms. The third-order valence-electron chi connectivity index (χ3n) is 3.23. The highest BCUT2D eigenvalue weighted by Gasteiger charge is 2.11. The van der Waals surface area contributed by atoms with E-state index in [1.807, 2.05) is 38.2 Å². The first-order valence-corrected chi connectivity index (χ1v) is 6.49. The van der Waals surface area contributed by atoms with Crippen LogP contribution in [0.4, 0.5) is 0 Å². The minimum atomic E-state index is -0.0845. The Morgan fingerprint density at radius 3 is 2.60 bits per heavy atom. The second kappa shape index (κ2) is 6.34. The summed E-state index contributed by atoms with van der Waals surface area (Å²) in [6, 6.07) is 9.40. The van der Waals surface area contributed by atoms with Crippen molar-refractivity contribution in [2.45, 2.75) is 19.5 Å². The summed E-state index contributed by atoms with van der Waals surface area (Å²) in [4.78, 5) is 11.9. The molecule has 0 aliphatic heterocycles. The van der Waals surface area contributed by atoms with E-state index in [0.29, 0.717) is 6.54 Å². The number of likely N-dealkylation sites (N-methyl/N-ethyl adjacent to an activating group) is 1. The van der Waals surface area contributed by atoms with E-state index < -0.39 is 0 Å². The van der Waals surface area contributed by atoms with Gasteiger partial charge in [0.1, 0.15) is 5.75 Å². The Bertz CT molecular complexity index is 620. The van der Waals surface area contributed by atoms with Gasteiger partial charge in [-0.15, -0.1) is 0 Å². The molecule has 0 amide bonds. The fraction of sp³-hybridized carbons (Fsp3) is 0.333. The molecular weight excluding hydrogens is 254 g/mol. The van der Waals surface area contributed by atoms with Crippen LogP contribution in [-0.4, -0.2) is 23.9 Å². The summed E-state index contributed by atoms with van der Waals surface area (Å²) in [6.07, 6.45) is 1.70. The van der Waals surface area contributed by atoms with Gasteiger partial charge in [0, 0.05) is 6.07 Å². The van der Waals surface area contributed by atoms with Crippen molar-refractivity contribution < 1.29 is 4.74 Å². The normalized spacial score (nSPS) is 12.2. The van der Waals surface area contributed by atoms with Crippen LogP contribution in [0.1, 0.15) is 17.2 Å². The van der Waals surface area contributed by atoms with Crippen LogP contribution >= 0.6 is 0 Å². The number of nitrogens with one attached hydrogen (secondary N) is 1. The molecule has 0 spiro atoms. The van der Waals surface area contributed by atoms with E-state index in [9.17, 15) is 4.79 Å². The maximum atomic E-state index is 11.9. The van der Waals surface area contributed by atoms with Crippen molar-refractivity contribution >= 4 is 0 Å². The molecule has 5 nitrogen and oxygen atoms in total. The summed E-state index contributed by atoms with van der Waals surface area (Å²) >= 11 is 0. The van der Waals surface area contributed by atoms with Gasteiger partial charge in [0.15, 0.2) is 0 Å². The lowest BCUT2D eigenvalue weighted by Crippen LogP contribution is -2.30. The van der Waals surface area contributed by atoms with Gasteiger partial charge in [0.05, 0.1) is 25.9 Å². The average molecular weight is 273 g/mol. The number of aromatic nitrogens is 2. The van der Waals surface area contributed by atoms with Crippen LogP contribution in [0.3, 0.4) is 0 Å². The lowest BCUT2D eigenvalue weighted by molar-refractivity contribution is 0.413. The van der Waals surface area contributed by atoms with Crippen molar-refractivity contribution in [3.63, 3.8) is 0 Å². The summed E-state index contributed by atoms with van der Waals surface area (Å²) in [7, 11) is 3.51. The Morgan fingerprint density at radius 1 is 1.35 bits per heavy atom. The summed E-state index contributed by atoms with van der Waals surface area (Å²) in [6.45, 7) is 2.35. The second-order valence-electron chi connectivity index (χ2n) is 4.67. The Hall–Kier alpha value is -2.14. The van der Waals surface area contributed by atoms with Crippen LogP contribution in [-0.2, 0) is 6.54 Å². The van der Waals surface area contributed by atoms with Crippen molar-refractivity contribution in [3.05, 3.63) is 58.0 Å². The summed E-state index contributed by atoms with van der Waals surface area (Å²) < 4.78 is 6.62. The van der Waals surface area contributed by atoms with Crippen molar-refractivity contribution in [1.82, 2.24) is 15.1 Å². The third-order valence-corrected chi connectivity index (χ3v) is 3.23. The fourth-order valence-electron chi connectivity index (χ4n) is 2.03. The van der Waals surface area contributed by atoms with Gasteiger partial charge in [-0.1, -0.05) is 12.1 Å². The molecule has 0 saturated heterocycles. The third kappa shape index (κ3) is 3.24. The summed E-state index contributed by atoms with van der Waals surface area (Å²) in [5.41, 5.74) is 1.87. The number of nitrogens with zero attached hydrogens (tertiary/aromatic N) is 2. The molecular formula is C15H19N3O2. The number of benzene rings is 1. The molecule has 1 aromatic carbocycles. The number of rotatable bonds is 5. The molecule has 0 bridgehead atoms. The summed E-state index contributed by atoms with van der Waals surface area (Å²) in [5.74, 6) is 0.814. The second-order valence-corrected chi connectivity index (χ2v) is 4.67. The number of ether oxygens (including phenoxy) is 1. The standard InChI is InChI=1S/C15H19N3O2/c1-11-8-15(19)18(17-9-11)10-14(16-2)12-4-6-13(20-3)7-5-12/h4-9,14,16H,10H2,1-3H3. The van der Waals surface area contributed by atoms with Gasteiger partial charge in [0.2, 0.25) is 0 Å². The van der Waals surface area contributed by atoms with Crippen molar-refractivity contribution in [2.75, 3.05) is 14.2 Å². The maximum Gasteiger partial charge on any atom is 0.267 e. The van der Waals surface area contributed by atoms with Crippen molar-refractivity contribution in [2.24, 2.45) is 0 Å². The zero-order valence-corrected chi connectivity index (χ0v) is 12.0. The molecule has 0 saturated carbocycles. The van der Waals surface area contributed by atoms with Gasteiger partial charge in [0.25, 0.3) is 5.56 Å². The van der Waals surface area contributed by atoms with Gasteiger partial charge >= 0.3 is 0 Å². The Morgan fingerprint density at radius 2 is 2.05 bits per heavy atom. The van der Waals surface area contributed by atoms with E-state index in [4.69, 9.17) is 4.74 Å². The molecule has 2 aromatic rings. The van der Waals surface area contributed by atoms with E-state index in [0.717, 1.165) is 16.9 Å². The van der Waals surface area contributed by atoms with Crippen LogP contribution in [0.25, 0.3) is 0 Å². The number of hydrogen-bond donors (Lipinski definition) is 1. The highest BCUT2D eigenvalue weighted by molar-refractivity contribution is 5.29. The zero-order valence-electron chi connectivity index (χ0n) is 12.0. The monoisotopic (exact) mass is 273 g/mol. The summed E-state index contributed by atoms with van der Waals surface area (Å²) in [5, 5.41) is 7.37. The Labute approximate surface area is 118 Å². The maximum absolute atomic E-state index is 11.9. The van der Waals surface area contributed by atoms with E-state index in [1.54, 1.807) is 19.4 Å². The number of methoxy groups -OCH3 is 1. The molecule has 0 radical (unpaired) electrons. The fourth-order valence-corrected chi connectivity index (χ4v) is 2.03. The lowest BCUT2D eigenvalue weighted by Gasteiger charge is -2.17. The molecule has 1 aromatic heterocycles. The van der Waals surface area contributed by atoms with Crippen LogP contribution in [0.15, 0.2) is 41.3 Å². The van der Waals surface area contributed by atoms with Crippen molar-refractivity contribution in [3.8, 4) is 5.75 Å². The first kappa shape index (κ1) is 14.3. The zero-order chi connectivity index (χ0) is 14.5. The molecule has 106 valence electrons. The largest absolute Gasteiger partial charge is 0.497 e. The minimum Gasteiger partial charge on any atom is -0.497 e. The number of hydrogen-bond acceptors (Lipinski definition) is 4. The SMILES string of the molecule is CNC(Cn1ncc(C)cc1=O)c1ccc(OC)cc1. The Balaban J connectivity index is 2.21. The van der Waals surface area contributed by atoms with Gasteiger partial charge in [-0.25, -0.2) is 4.68 Å². The average Bonchev–Trinajstić information content (AvgIpc) is 2.47. The molecule has 1 unspecified atom stereocenters. The van der Waals surface area contributed by atoms with Crippen LogP contribution < -0.4 is 15.6 Å². The van der Waals surface area contributed by atoms with Gasteiger partial charge in [-0.2, -0.15) is 5.10 Å². The highest BCUT2D eigenvalue weighted by atomic mass is 16.5. The number of aryl methyl sites for hydroxylation is 1. The molecule has 1 atom stereocenters. The first-order valence-electron chi connectivity index (χ1n) is 6.49. The lowest BCUT2D eigenvalue weighted by atomic mass is 10.1. The van der Waals surface area contributed by atoms with Crippen LogP contribution in [0.5, 0.6) is 5.75 Å². The minimum absolute atomic E-state index is 0.0220. The molecule has 0 aliphatic rings. The predicted molar refractivity (Wildman–Crippen MR) is 78.0 cm³/mol. The van der Waals surface area contributed by atoms with Crippen molar-refractivity contribution in [1.29, 1.82) is 0 Å².